The van der Waals surface area contributed by atoms with Gasteiger partial charge in [0.15, 0.2) is 6.61 Å². The molecular weight excluding hydrogens is 410 g/mol. The number of amides is 2. The van der Waals surface area contributed by atoms with Crippen molar-refractivity contribution in [3.8, 4) is 0 Å². The quantitative estimate of drug-likeness (QED) is 0.697. The average Bonchev–Trinajstić information content (AvgIpc) is 3.52. The number of piperidine rings is 1. The predicted molar refractivity (Wildman–Crippen MR) is 109 cm³/mol. The highest BCUT2D eigenvalue weighted by Crippen LogP contribution is 2.34. The average molecular weight is 444 g/mol. The molecule has 3 heterocycles. The number of nitrogens with one attached hydrogen (secondary N) is 1. The van der Waals surface area contributed by atoms with Crippen LogP contribution in [-0.4, -0.2) is 87.0 Å². The zero-order valence-corrected chi connectivity index (χ0v) is 18.4. The van der Waals surface area contributed by atoms with Gasteiger partial charge in [-0.05, 0) is 57.3 Å². The molecular formula is C20H33N3O6S. The van der Waals surface area contributed by atoms with Crippen molar-refractivity contribution in [2.24, 2.45) is 5.92 Å². The second-order valence-electron chi connectivity index (χ2n) is 9.21. The van der Waals surface area contributed by atoms with Crippen LogP contribution >= 0.6 is 0 Å². The minimum absolute atomic E-state index is 0.0681. The Morgan fingerprint density at radius 2 is 1.80 bits per heavy atom. The number of rotatable bonds is 4. The fourth-order valence-corrected chi connectivity index (χ4v) is 5.81. The molecule has 2 bridgehead atoms. The van der Waals surface area contributed by atoms with E-state index in [1.54, 1.807) is 4.90 Å². The van der Waals surface area contributed by atoms with E-state index >= 15 is 0 Å². The number of nitrogens with zero attached hydrogens (tertiary/aromatic N) is 2. The molecule has 2 amide bonds. The van der Waals surface area contributed by atoms with E-state index in [2.05, 4.69) is 4.72 Å². The van der Waals surface area contributed by atoms with E-state index in [4.69, 9.17) is 9.47 Å². The molecule has 5 rings (SSSR count). The molecule has 0 aromatic rings. The molecule has 5 fully saturated rings. The zero-order valence-electron chi connectivity index (χ0n) is 17.6. The Hall–Kier alpha value is -1.39. The van der Waals surface area contributed by atoms with E-state index in [9.17, 15) is 18.0 Å². The number of ether oxygens (including phenoxy) is 2. The molecule has 3 saturated heterocycles. The lowest BCUT2D eigenvalue weighted by molar-refractivity contribution is -0.141. The number of carbonyl (C=O) groups is 2. The number of fused-ring (bicyclic) bond motifs is 7. The van der Waals surface area contributed by atoms with Crippen LogP contribution in [0.1, 0.15) is 51.4 Å². The van der Waals surface area contributed by atoms with Crippen LogP contribution in [-0.2, 0) is 24.3 Å². The van der Waals surface area contributed by atoms with Gasteiger partial charge in [0.1, 0.15) is 0 Å². The maximum atomic E-state index is 12.9. The fourth-order valence-electron chi connectivity index (χ4n) is 4.98. The van der Waals surface area contributed by atoms with E-state index in [0.717, 1.165) is 44.8 Å². The molecule has 10 heteroatoms. The molecule has 2 aliphatic carbocycles. The Kier molecular flexibility index (Phi) is 6.55. The first-order chi connectivity index (χ1) is 14.3. The molecule has 2 saturated carbocycles. The summed E-state index contributed by atoms with van der Waals surface area (Å²) in [4.78, 5) is 29.2. The normalized spacial score (nSPS) is 33.9. The molecule has 0 spiro atoms. The van der Waals surface area contributed by atoms with Gasteiger partial charge in [-0.15, -0.1) is 0 Å². The van der Waals surface area contributed by atoms with Crippen molar-refractivity contribution in [3.63, 3.8) is 0 Å². The van der Waals surface area contributed by atoms with Gasteiger partial charge in [-0.3, -0.25) is 4.79 Å². The summed E-state index contributed by atoms with van der Waals surface area (Å²) in [6.45, 7) is 1.17. The van der Waals surface area contributed by atoms with Crippen molar-refractivity contribution in [2.75, 3.05) is 32.6 Å². The van der Waals surface area contributed by atoms with Crippen LogP contribution in [0.2, 0.25) is 0 Å². The first-order valence-electron chi connectivity index (χ1n) is 11.1. The third kappa shape index (κ3) is 5.45. The van der Waals surface area contributed by atoms with Crippen molar-refractivity contribution >= 4 is 22.0 Å². The monoisotopic (exact) mass is 443 g/mol. The van der Waals surface area contributed by atoms with Crippen LogP contribution in [0.5, 0.6) is 0 Å². The second kappa shape index (κ2) is 9.00. The zero-order chi connectivity index (χ0) is 21.3. The van der Waals surface area contributed by atoms with Gasteiger partial charge in [-0.25, -0.2) is 17.9 Å². The lowest BCUT2D eigenvalue weighted by atomic mass is 9.91. The van der Waals surface area contributed by atoms with Gasteiger partial charge in [-0.1, -0.05) is 0 Å². The van der Waals surface area contributed by atoms with Crippen LogP contribution in [0.4, 0.5) is 4.79 Å². The molecule has 0 unspecified atom stereocenters. The maximum Gasteiger partial charge on any atom is 0.410 e. The van der Waals surface area contributed by atoms with Crippen molar-refractivity contribution < 1.29 is 27.5 Å². The first-order valence-corrected chi connectivity index (χ1v) is 13.0. The Balaban J connectivity index is 1.53. The molecule has 30 heavy (non-hydrogen) atoms. The van der Waals surface area contributed by atoms with Gasteiger partial charge in [0, 0.05) is 25.2 Å². The van der Waals surface area contributed by atoms with Crippen molar-refractivity contribution in [3.05, 3.63) is 0 Å². The van der Waals surface area contributed by atoms with Crippen LogP contribution in [0.3, 0.4) is 0 Å². The largest absolute Gasteiger partial charge is 0.439 e. The van der Waals surface area contributed by atoms with Gasteiger partial charge in [0.25, 0.3) is 5.91 Å². The SMILES string of the molecule is CS(=O)(=O)N[C@H]1CCCN2C(=O)COC(=O)N(CC3CC3)C3CCC(CC3)OC[C@@H]12. The van der Waals surface area contributed by atoms with Crippen molar-refractivity contribution in [2.45, 2.75) is 75.6 Å². The third-order valence-corrected chi connectivity index (χ3v) is 7.49. The minimum atomic E-state index is -3.42. The summed E-state index contributed by atoms with van der Waals surface area (Å²) >= 11 is 0. The van der Waals surface area contributed by atoms with Gasteiger partial charge >= 0.3 is 6.09 Å². The highest BCUT2D eigenvalue weighted by atomic mass is 32.2. The van der Waals surface area contributed by atoms with E-state index in [0.29, 0.717) is 31.8 Å². The maximum absolute atomic E-state index is 12.9. The van der Waals surface area contributed by atoms with Crippen LogP contribution < -0.4 is 4.72 Å². The van der Waals surface area contributed by atoms with E-state index < -0.39 is 28.2 Å². The van der Waals surface area contributed by atoms with E-state index in [-0.39, 0.29) is 31.3 Å². The van der Waals surface area contributed by atoms with Gasteiger partial charge < -0.3 is 19.3 Å². The molecule has 1 N–H and O–H groups in total. The topological polar surface area (TPSA) is 105 Å². The standard InChI is InChI=1S/C20H33N3O6S/c1-30(26,27)21-17-3-2-10-22-18(17)12-28-16-8-6-15(7-9-16)23(11-14-4-5-14)20(25)29-13-19(22)24/h14-18,21H,2-13H2,1H3/t15?,16?,17-,18-/m0/s1. The molecule has 3 aliphatic heterocycles. The van der Waals surface area contributed by atoms with Crippen LogP contribution in [0.25, 0.3) is 0 Å². The fraction of sp³-hybridized carbons (Fsp3) is 0.900. The van der Waals surface area contributed by atoms with Crippen LogP contribution in [0.15, 0.2) is 0 Å². The Bertz CT molecular complexity index is 748. The van der Waals surface area contributed by atoms with Gasteiger partial charge in [0.2, 0.25) is 10.0 Å². The smallest absolute Gasteiger partial charge is 0.410 e. The molecule has 9 nitrogen and oxygen atoms in total. The van der Waals surface area contributed by atoms with Crippen molar-refractivity contribution in [1.29, 1.82) is 0 Å². The summed E-state index contributed by atoms with van der Waals surface area (Å²) in [6, 6.07) is -0.669. The lowest BCUT2D eigenvalue weighted by Crippen LogP contribution is -2.59. The Morgan fingerprint density at radius 1 is 1.07 bits per heavy atom. The number of hydrogen-bond acceptors (Lipinski definition) is 6. The Labute approximate surface area is 178 Å². The van der Waals surface area contributed by atoms with E-state index in [1.165, 1.54) is 0 Å². The lowest BCUT2D eigenvalue weighted by Gasteiger charge is -2.41. The molecule has 5 aliphatic rings. The second-order valence-corrected chi connectivity index (χ2v) is 11.0. The first kappa shape index (κ1) is 21.8. The van der Waals surface area contributed by atoms with Gasteiger partial charge in [-0.2, -0.15) is 0 Å². The van der Waals surface area contributed by atoms with Gasteiger partial charge in [0.05, 0.1) is 25.0 Å². The number of sulfonamides is 1. The summed E-state index contributed by atoms with van der Waals surface area (Å²) in [5, 5.41) is 0. The molecule has 0 aromatic heterocycles. The summed E-state index contributed by atoms with van der Waals surface area (Å²) in [6.07, 6.45) is 7.84. The molecule has 2 atom stereocenters. The highest BCUT2D eigenvalue weighted by molar-refractivity contribution is 7.88. The Morgan fingerprint density at radius 3 is 2.47 bits per heavy atom. The number of carbonyl (C=O) groups excluding carboxylic acids is 2. The summed E-state index contributed by atoms with van der Waals surface area (Å²) in [5.41, 5.74) is 0. The van der Waals surface area contributed by atoms with E-state index in [1.807, 2.05) is 4.90 Å². The summed E-state index contributed by atoms with van der Waals surface area (Å²) < 4.78 is 38.0. The van der Waals surface area contributed by atoms with Crippen LogP contribution in [0, 0.1) is 5.92 Å². The highest BCUT2D eigenvalue weighted by Gasteiger charge is 2.39. The summed E-state index contributed by atoms with van der Waals surface area (Å²) in [7, 11) is -3.42. The number of hydrogen-bond donors (Lipinski definition) is 1. The molecule has 0 aromatic carbocycles. The molecule has 0 radical (unpaired) electrons. The van der Waals surface area contributed by atoms with Crippen molar-refractivity contribution in [1.82, 2.24) is 14.5 Å². The third-order valence-electron chi connectivity index (χ3n) is 6.76. The summed E-state index contributed by atoms with van der Waals surface area (Å²) in [5.74, 6) is 0.252. The predicted octanol–water partition coefficient (Wildman–Crippen LogP) is 1.09. The minimum Gasteiger partial charge on any atom is -0.439 e. The molecule has 170 valence electrons.